The Morgan fingerprint density at radius 3 is 2.39 bits per heavy atom. The number of benzene rings is 3. The molecule has 3 aromatic carbocycles. The van der Waals surface area contributed by atoms with Gasteiger partial charge in [-0.1, -0.05) is 60.7 Å². The van der Waals surface area contributed by atoms with E-state index in [0.29, 0.717) is 26.2 Å². The van der Waals surface area contributed by atoms with Gasteiger partial charge in [0.1, 0.15) is 6.04 Å². The van der Waals surface area contributed by atoms with Gasteiger partial charge < -0.3 is 14.7 Å². The zero-order valence-corrected chi connectivity index (χ0v) is 20.7. The van der Waals surface area contributed by atoms with Crippen LogP contribution >= 0.6 is 0 Å². The van der Waals surface area contributed by atoms with Crippen LogP contribution in [0.1, 0.15) is 31.2 Å². The summed E-state index contributed by atoms with van der Waals surface area (Å²) in [5.74, 6) is -1.77. The zero-order chi connectivity index (χ0) is 25.5. The first-order valence-electron chi connectivity index (χ1n) is 12.0. The summed E-state index contributed by atoms with van der Waals surface area (Å²) in [5, 5.41) is 11.0. The van der Waals surface area contributed by atoms with E-state index in [1.54, 1.807) is 23.1 Å². The Hall–Kier alpha value is -3.27. The highest BCUT2D eigenvalue weighted by Gasteiger charge is 2.38. The molecule has 0 radical (unpaired) electrons. The van der Waals surface area contributed by atoms with Gasteiger partial charge in [-0.2, -0.15) is 4.72 Å². The molecule has 1 saturated carbocycles. The summed E-state index contributed by atoms with van der Waals surface area (Å²) in [6, 6.07) is 20.3. The minimum absolute atomic E-state index is 0.00640. The Balaban J connectivity index is 1.41. The van der Waals surface area contributed by atoms with Crippen LogP contribution in [0, 0.1) is 0 Å². The number of carbonyl (C=O) groups is 2. The van der Waals surface area contributed by atoms with Gasteiger partial charge in [-0.05, 0) is 47.7 Å². The van der Waals surface area contributed by atoms with Crippen LogP contribution in [0.15, 0.2) is 77.7 Å². The Kier molecular flexibility index (Phi) is 8.35. The number of fused-ring (bicyclic) bond motifs is 1. The van der Waals surface area contributed by atoms with Gasteiger partial charge in [0, 0.05) is 19.2 Å². The van der Waals surface area contributed by atoms with Crippen molar-refractivity contribution in [2.24, 2.45) is 0 Å². The molecule has 1 fully saturated rings. The molecule has 1 amide bonds. The number of rotatable bonds is 13. The number of hydrogen-bond acceptors (Lipinski definition) is 5. The molecule has 3 aromatic rings. The summed E-state index contributed by atoms with van der Waals surface area (Å²) in [6.45, 7) is 1.26. The molecule has 190 valence electrons. The van der Waals surface area contributed by atoms with Crippen LogP contribution in [-0.2, 0) is 31.0 Å². The highest BCUT2D eigenvalue weighted by molar-refractivity contribution is 7.89. The molecule has 36 heavy (non-hydrogen) atoms. The van der Waals surface area contributed by atoms with E-state index in [4.69, 9.17) is 4.74 Å². The average Bonchev–Trinajstić information content (AvgIpc) is 3.70. The predicted molar refractivity (Wildman–Crippen MR) is 136 cm³/mol. The van der Waals surface area contributed by atoms with E-state index in [9.17, 15) is 23.1 Å². The number of hydrogen-bond donors (Lipinski definition) is 2. The van der Waals surface area contributed by atoms with Crippen molar-refractivity contribution in [3.8, 4) is 0 Å². The maximum Gasteiger partial charge on any atom is 0.305 e. The molecule has 0 heterocycles. The molecule has 1 atom stereocenters. The van der Waals surface area contributed by atoms with Crippen LogP contribution in [0.25, 0.3) is 10.8 Å². The fourth-order valence-corrected chi connectivity index (χ4v) is 5.33. The second kappa shape index (κ2) is 11.6. The normalized spacial score (nSPS) is 14.4. The number of ether oxygens (including phenoxy) is 1. The SMILES string of the molecule is O=C(O)C[C@H](NS(=O)(=O)c1ccc2ccccc2c1)C(=O)N(CCCOCc1ccccc1)C1CC1. The monoisotopic (exact) mass is 510 g/mol. The Morgan fingerprint density at radius 2 is 1.69 bits per heavy atom. The van der Waals surface area contributed by atoms with Gasteiger partial charge in [-0.15, -0.1) is 0 Å². The summed E-state index contributed by atoms with van der Waals surface area (Å²) < 4.78 is 34.3. The van der Waals surface area contributed by atoms with Crippen LogP contribution in [0.3, 0.4) is 0 Å². The molecular weight excluding hydrogens is 480 g/mol. The second-order valence-electron chi connectivity index (χ2n) is 8.94. The van der Waals surface area contributed by atoms with Crippen molar-refractivity contribution >= 4 is 32.7 Å². The number of amides is 1. The molecule has 0 saturated heterocycles. The summed E-state index contributed by atoms with van der Waals surface area (Å²) in [7, 11) is -4.13. The molecular formula is C27H30N2O6S. The van der Waals surface area contributed by atoms with Crippen molar-refractivity contribution in [2.45, 2.75) is 49.3 Å². The molecule has 0 bridgehead atoms. The lowest BCUT2D eigenvalue weighted by molar-refractivity contribution is -0.142. The Labute approximate surface area is 210 Å². The van der Waals surface area contributed by atoms with Gasteiger partial charge in [0.05, 0.1) is 17.9 Å². The molecule has 4 rings (SSSR count). The lowest BCUT2D eigenvalue weighted by atomic mass is 10.1. The van der Waals surface area contributed by atoms with Crippen molar-refractivity contribution in [1.82, 2.24) is 9.62 Å². The zero-order valence-electron chi connectivity index (χ0n) is 19.9. The third-order valence-electron chi connectivity index (χ3n) is 6.08. The van der Waals surface area contributed by atoms with Crippen LogP contribution in [0.4, 0.5) is 0 Å². The first-order valence-corrected chi connectivity index (χ1v) is 13.5. The van der Waals surface area contributed by atoms with Gasteiger partial charge in [-0.25, -0.2) is 8.42 Å². The highest BCUT2D eigenvalue weighted by Crippen LogP contribution is 2.28. The summed E-state index contributed by atoms with van der Waals surface area (Å²) >= 11 is 0. The average molecular weight is 511 g/mol. The number of nitrogens with zero attached hydrogens (tertiary/aromatic N) is 1. The van der Waals surface area contributed by atoms with E-state index in [1.807, 2.05) is 42.5 Å². The molecule has 0 aliphatic heterocycles. The third-order valence-corrected chi connectivity index (χ3v) is 7.54. The molecule has 8 nitrogen and oxygen atoms in total. The first-order chi connectivity index (χ1) is 17.3. The molecule has 1 aliphatic carbocycles. The summed E-state index contributed by atoms with van der Waals surface area (Å²) in [6.07, 6.45) is 1.55. The van der Waals surface area contributed by atoms with Crippen molar-refractivity contribution in [3.05, 3.63) is 78.4 Å². The maximum atomic E-state index is 13.4. The van der Waals surface area contributed by atoms with E-state index in [2.05, 4.69) is 4.72 Å². The van der Waals surface area contributed by atoms with E-state index in [1.165, 1.54) is 12.1 Å². The quantitative estimate of drug-likeness (QED) is 0.340. The number of carboxylic acids is 1. The molecule has 0 aromatic heterocycles. The molecule has 2 N–H and O–H groups in total. The standard InChI is InChI=1S/C27H30N2O6S/c30-26(31)18-25(28-36(33,34)24-14-11-21-9-4-5-10-22(21)17-24)27(32)29(23-12-13-23)15-6-16-35-19-20-7-2-1-3-8-20/h1-5,7-11,14,17,23,25,28H,6,12-13,15-16,18-19H2,(H,30,31)/t25-/m0/s1. The van der Waals surface area contributed by atoms with E-state index in [-0.39, 0.29) is 10.9 Å². The van der Waals surface area contributed by atoms with Gasteiger partial charge in [0.2, 0.25) is 15.9 Å². The van der Waals surface area contributed by atoms with E-state index in [0.717, 1.165) is 29.2 Å². The minimum atomic E-state index is -4.13. The van der Waals surface area contributed by atoms with Gasteiger partial charge in [-0.3, -0.25) is 9.59 Å². The number of aliphatic carboxylic acids is 1. The highest BCUT2D eigenvalue weighted by atomic mass is 32.2. The predicted octanol–water partition coefficient (Wildman–Crippen LogP) is 3.56. The van der Waals surface area contributed by atoms with Crippen LogP contribution in [0.5, 0.6) is 0 Å². The van der Waals surface area contributed by atoms with Crippen LogP contribution in [0.2, 0.25) is 0 Å². The largest absolute Gasteiger partial charge is 0.481 e. The minimum Gasteiger partial charge on any atom is -0.481 e. The van der Waals surface area contributed by atoms with Gasteiger partial charge in [0.25, 0.3) is 0 Å². The van der Waals surface area contributed by atoms with Crippen molar-refractivity contribution < 1.29 is 27.9 Å². The third kappa shape index (κ3) is 6.90. The lowest BCUT2D eigenvalue weighted by Gasteiger charge is -2.27. The number of nitrogens with one attached hydrogen (secondary N) is 1. The van der Waals surface area contributed by atoms with E-state index < -0.39 is 34.4 Å². The van der Waals surface area contributed by atoms with Crippen molar-refractivity contribution in [3.63, 3.8) is 0 Å². The lowest BCUT2D eigenvalue weighted by Crippen LogP contribution is -2.50. The van der Waals surface area contributed by atoms with Crippen LogP contribution < -0.4 is 4.72 Å². The topological polar surface area (TPSA) is 113 Å². The van der Waals surface area contributed by atoms with Gasteiger partial charge in [0.15, 0.2) is 0 Å². The Morgan fingerprint density at radius 1 is 1.00 bits per heavy atom. The van der Waals surface area contributed by atoms with Crippen molar-refractivity contribution in [2.75, 3.05) is 13.2 Å². The fraction of sp³-hybridized carbons (Fsp3) is 0.333. The Bertz CT molecular complexity index is 1310. The fourth-order valence-electron chi connectivity index (χ4n) is 4.10. The van der Waals surface area contributed by atoms with Gasteiger partial charge >= 0.3 is 5.97 Å². The second-order valence-corrected chi connectivity index (χ2v) is 10.6. The first kappa shape index (κ1) is 25.8. The number of carbonyl (C=O) groups excluding carboxylic acids is 1. The molecule has 9 heteroatoms. The number of sulfonamides is 1. The number of carboxylic acid groups (broad SMARTS) is 1. The molecule has 0 spiro atoms. The molecule has 0 unspecified atom stereocenters. The molecule has 1 aliphatic rings. The summed E-state index contributed by atoms with van der Waals surface area (Å²) in [4.78, 5) is 26.5. The smallest absolute Gasteiger partial charge is 0.305 e. The van der Waals surface area contributed by atoms with E-state index >= 15 is 0 Å². The maximum absolute atomic E-state index is 13.4. The summed E-state index contributed by atoms with van der Waals surface area (Å²) in [5.41, 5.74) is 1.05. The van der Waals surface area contributed by atoms with Crippen LogP contribution in [-0.4, -0.2) is 55.5 Å². The van der Waals surface area contributed by atoms with Crippen molar-refractivity contribution in [1.29, 1.82) is 0 Å².